The smallest absolute Gasteiger partial charge is 0.356 e. The third-order valence-electron chi connectivity index (χ3n) is 2.15. The molecule has 0 unspecified atom stereocenters. The summed E-state index contributed by atoms with van der Waals surface area (Å²) in [4.78, 5) is 23.5. The van der Waals surface area contributed by atoms with Crippen LogP contribution in [0, 0.1) is 6.92 Å². The lowest BCUT2D eigenvalue weighted by atomic mass is 10.4. The number of aromatic nitrogens is 3. The second kappa shape index (κ2) is 4.88. The summed E-state index contributed by atoms with van der Waals surface area (Å²) in [5, 5.41) is 11.7. The molecule has 0 aliphatic heterocycles. The van der Waals surface area contributed by atoms with Crippen LogP contribution in [0.4, 0.5) is 5.82 Å². The third-order valence-corrected chi connectivity index (χ3v) is 3.08. The van der Waals surface area contributed by atoms with E-state index in [1.165, 1.54) is 12.4 Å². The summed E-state index contributed by atoms with van der Waals surface area (Å²) in [6.07, 6.45) is 2.63. The van der Waals surface area contributed by atoms with E-state index in [1.54, 1.807) is 16.8 Å². The molecule has 0 spiro atoms. The molecule has 17 heavy (non-hydrogen) atoms. The molecule has 88 valence electrons. The third kappa shape index (κ3) is 2.76. The largest absolute Gasteiger partial charge is 0.476 e. The van der Waals surface area contributed by atoms with Crippen molar-refractivity contribution in [3.63, 3.8) is 0 Å². The molecule has 0 aliphatic rings. The van der Waals surface area contributed by atoms with Gasteiger partial charge in [-0.1, -0.05) is 0 Å². The Labute approximate surface area is 101 Å². The van der Waals surface area contributed by atoms with Crippen LogP contribution in [0.15, 0.2) is 17.9 Å². The predicted octanol–water partition coefficient (Wildman–Crippen LogP) is 1.55. The highest BCUT2D eigenvalue weighted by Gasteiger charge is 2.05. The van der Waals surface area contributed by atoms with Gasteiger partial charge in [0, 0.05) is 4.88 Å². The highest BCUT2D eigenvalue weighted by Crippen LogP contribution is 2.13. The molecule has 2 N–H and O–H groups in total. The van der Waals surface area contributed by atoms with Gasteiger partial charge in [-0.25, -0.2) is 19.7 Å². The lowest BCUT2D eigenvalue weighted by Gasteiger charge is -2.03. The molecular weight excluding hydrogens is 240 g/mol. The Morgan fingerprint density at radius 2 is 2.24 bits per heavy atom. The van der Waals surface area contributed by atoms with Crippen molar-refractivity contribution in [1.29, 1.82) is 0 Å². The summed E-state index contributed by atoms with van der Waals surface area (Å²) in [7, 11) is 0. The zero-order valence-corrected chi connectivity index (χ0v) is 9.86. The van der Waals surface area contributed by atoms with E-state index in [0.29, 0.717) is 12.4 Å². The second-order valence-electron chi connectivity index (χ2n) is 3.31. The SMILES string of the molecule is Cc1ncsc1CNc1cnc(C(=O)O)cn1. The lowest BCUT2D eigenvalue weighted by Crippen LogP contribution is -2.05. The Bertz CT molecular complexity index is 523. The Morgan fingerprint density at radius 3 is 2.76 bits per heavy atom. The molecule has 2 heterocycles. The highest BCUT2D eigenvalue weighted by atomic mass is 32.1. The summed E-state index contributed by atoms with van der Waals surface area (Å²) in [5.41, 5.74) is 2.70. The number of nitrogens with zero attached hydrogens (tertiary/aromatic N) is 3. The topological polar surface area (TPSA) is 88.0 Å². The molecule has 0 aromatic carbocycles. The maximum Gasteiger partial charge on any atom is 0.356 e. The first-order chi connectivity index (χ1) is 8.16. The molecule has 0 saturated heterocycles. The number of thiazole rings is 1. The molecule has 2 aromatic rings. The summed E-state index contributed by atoms with van der Waals surface area (Å²) in [6, 6.07) is 0. The maximum absolute atomic E-state index is 10.6. The van der Waals surface area contributed by atoms with Crippen molar-refractivity contribution >= 4 is 23.1 Å². The molecule has 2 aromatic heterocycles. The Balaban J connectivity index is 2.00. The van der Waals surface area contributed by atoms with Crippen molar-refractivity contribution < 1.29 is 9.90 Å². The molecule has 6 nitrogen and oxygen atoms in total. The molecule has 0 aliphatic carbocycles. The molecule has 2 rings (SSSR count). The Morgan fingerprint density at radius 1 is 1.41 bits per heavy atom. The van der Waals surface area contributed by atoms with E-state index in [0.717, 1.165) is 10.6 Å². The van der Waals surface area contributed by atoms with Gasteiger partial charge in [0.05, 0.1) is 30.1 Å². The first-order valence-corrected chi connectivity index (χ1v) is 5.73. The molecular formula is C10H10N4O2S. The number of rotatable bonds is 4. The Hall–Kier alpha value is -2.02. The fraction of sp³-hybridized carbons (Fsp3) is 0.200. The number of hydrogen-bond donors (Lipinski definition) is 2. The van der Waals surface area contributed by atoms with Crippen LogP contribution in [-0.2, 0) is 6.54 Å². The standard InChI is InChI=1S/C10H10N4O2S/c1-6-8(17-5-14-6)3-13-9-4-11-7(2-12-9)10(15)16/h2,4-5H,3H2,1H3,(H,12,13)(H,15,16). The fourth-order valence-electron chi connectivity index (χ4n) is 1.20. The first-order valence-electron chi connectivity index (χ1n) is 4.85. The number of aryl methyl sites for hydroxylation is 1. The van der Waals surface area contributed by atoms with E-state index in [9.17, 15) is 4.79 Å². The summed E-state index contributed by atoms with van der Waals surface area (Å²) >= 11 is 1.56. The zero-order chi connectivity index (χ0) is 12.3. The summed E-state index contributed by atoms with van der Waals surface area (Å²) < 4.78 is 0. The molecule has 0 bridgehead atoms. The van der Waals surface area contributed by atoms with Crippen LogP contribution in [0.25, 0.3) is 0 Å². The Kier molecular flexibility index (Phi) is 3.29. The number of anilines is 1. The fourth-order valence-corrected chi connectivity index (χ4v) is 1.91. The van der Waals surface area contributed by atoms with E-state index >= 15 is 0 Å². The van der Waals surface area contributed by atoms with Crippen molar-refractivity contribution in [2.24, 2.45) is 0 Å². The van der Waals surface area contributed by atoms with Crippen molar-refractivity contribution in [2.75, 3.05) is 5.32 Å². The van der Waals surface area contributed by atoms with E-state index in [-0.39, 0.29) is 5.69 Å². The van der Waals surface area contributed by atoms with Crippen LogP contribution in [0.2, 0.25) is 0 Å². The molecule has 0 fully saturated rings. The number of carboxylic acid groups (broad SMARTS) is 1. The first kappa shape index (κ1) is 11.5. The number of aromatic carboxylic acids is 1. The van der Waals surface area contributed by atoms with Gasteiger partial charge in [-0.3, -0.25) is 0 Å². The van der Waals surface area contributed by atoms with E-state index in [2.05, 4.69) is 20.3 Å². The van der Waals surface area contributed by atoms with Gasteiger partial charge in [-0.05, 0) is 6.92 Å². The average molecular weight is 250 g/mol. The monoisotopic (exact) mass is 250 g/mol. The minimum absolute atomic E-state index is 0.0653. The van der Waals surface area contributed by atoms with Gasteiger partial charge in [0.25, 0.3) is 0 Å². The van der Waals surface area contributed by atoms with Crippen LogP contribution in [0.3, 0.4) is 0 Å². The number of carboxylic acids is 1. The van der Waals surface area contributed by atoms with Crippen LogP contribution in [0.1, 0.15) is 21.1 Å². The average Bonchev–Trinajstić information content (AvgIpc) is 2.73. The minimum atomic E-state index is -1.08. The molecule has 0 atom stereocenters. The van der Waals surface area contributed by atoms with Gasteiger partial charge in [0.1, 0.15) is 5.82 Å². The van der Waals surface area contributed by atoms with Gasteiger partial charge in [-0.2, -0.15) is 0 Å². The summed E-state index contributed by atoms with van der Waals surface area (Å²) in [6.45, 7) is 2.55. The van der Waals surface area contributed by atoms with Crippen LogP contribution >= 0.6 is 11.3 Å². The maximum atomic E-state index is 10.6. The van der Waals surface area contributed by atoms with Crippen LogP contribution < -0.4 is 5.32 Å². The lowest BCUT2D eigenvalue weighted by molar-refractivity contribution is 0.0690. The quantitative estimate of drug-likeness (QED) is 0.856. The number of hydrogen-bond acceptors (Lipinski definition) is 6. The minimum Gasteiger partial charge on any atom is -0.476 e. The van der Waals surface area contributed by atoms with Gasteiger partial charge in [0.2, 0.25) is 0 Å². The number of carbonyl (C=O) groups is 1. The van der Waals surface area contributed by atoms with Crippen molar-refractivity contribution in [3.8, 4) is 0 Å². The molecule has 0 amide bonds. The predicted molar refractivity (Wildman–Crippen MR) is 63.2 cm³/mol. The van der Waals surface area contributed by atoms with Crippen LogP contribution in [-0.4, -0.2) is 26.0 Å². The van der Waals surface area contributed by atoms with Crippen LogP contribution in [0.5, 0.6) is 0 Å². The van der Waals surface area contributed by atoms with Gasteiger partial charge in [0.15, 0.2) is 5.69 Å². The van der Waals surface area contributed by atoms with E-state index in [1.807, 2.05) is 6.92 Å². The molecule has 0 saturated carbocycles. The van der Waals surface area contributed by atoms with Crippen molar-refractivity contribution in [3.05, 3.63) is 34.2 Å². The second-order valence-corrected chi connectivity index (χ2v) is 4.25. The normalized spacial score (nSPS) is 10.2. The highest BCUT2D eigenvalue weighted by molar-refractivity contribution is 7.09. The number of nitrogens with one attached hydrogen (secondary N) is 1. The zero-order valence-electron chi connectivity index (χ0n) is 9.04. The van der Waals surface area contributed by atoms with Crippen molar-refractivity contribution in [1.82, 2.24) is 15.0 Å². The molecule has 7 heteroatoms. The summed E-state index contributed by atoms with van der Waals surface area (Å²) in [5.74, 6) is -0.537. The van der Waals surface area contributed by atoms with Crippen molar-refractivity contribution in [2.45, 2.75) is 13.5 Å². The van der Waals surface area contributed by atoms with Gasteiger partial charge in [-0.15, -0.1) is 11.3 Å². The van der Waals surface area contributed by atoms with E-state index in [4.69, 9.17) is 5.11 Å². The van der Waals surface area contributed by atoms with Gasteiger partial charge >= 0.3 is 5.97 Å². The van der Waals surface area contributed by atoms with E-state index < -0.39 is 5.97 Å². The molecule has 0 radical (unpaired) electrons. The van der Waals surface area contributed by atoms with Gasteiger partial charge < -0.3 is 10.4 Å².